The summed E-state index contributed by atoms with van der Waals surface area (Å²) in [5.74, 6) is -1.85. The average molecular weight is 280 g/mol. The van der Waals surface area contributed by atoms with Gasteiger partial charge in [-0.3, -0.25) is 9.36 Å². The lowest BCUT2D eigenvalue weighted by Crippen LogP contribution is -2.48. The average Bonchev–Trinajstić information content (AvgIpc) is 2.29. The first-order valence-electron chi connectivity index (χ1n) is 6.39. The van der Waals surface area contributed by atoms with Crippen LogP contribution in [0.1, 0.15) is 46.5 Å². The summed E-state index contributed by atoms with van der Waals surface area (Å²) in [6.45, 7) is 4.97. The van der Waals surface area contributed by atoms with Crippen molar-refractivity contribution in [3.8, 4) is 0 Å². The molecule has 1 rings (SSSR count). The first-order chi connectivity index (χ1) is 8.16. The Bertz CT molecular complexity index is 367. The van der Waals surface area contributed by atoms with Crippen LogP contribution in [0.5, 0.6) is 0 Å². The van der Waals surface area contributed by atoms with Gasteiger partial charge in [0.1, 0.15) is 0 Å². The highest BCUT2D eigenvalue weighted by Gasteiger charge is 2.56. The maximum Gasteiger partial charge on any atom is 0.332 e. The molecule has 1 fully saturated rings. The zero-order valence-corrected chi connectivity index (χ0v) is 12.0. The number of hydrogen-bond donors (Lipinski definition) is 2. The largest absolute Gasteiger partial charge is 0.332 e. The minimum atomic E-state index is -4.48. The van der Waals surface area contributed by atoms with Crippen LogP contribution in [0.25, 0.3) is 0 Å². The third kappa shape index (κ3) is 2.54. The van der Waals surface area contributed by atoms with Gasteiger partial charge < -0.3 is 9.79 Å². The fourth-order valence-electron chi connectivity index (χ4n) is 2.83. The summed E-state index contributed by atoms with van der Waals surface area (Å²) in [5.41, 5.74) is 0. The Balaban J connectivity index is 3.19. The molecule has 1 aliphatic carbocycles. The van der Waals surface area contributed by atoms with E-state index in [9.17, 15) is 23.5 Å². The molecule has 1 aliphatic rings. The van der Waals surface area contributed by atoms with Gasteiger partial charge in [-0.25, -0.2) is 4.39 Å². The maximum atomic E-state index is 13.5. The molecule has 0 radical (unpaired) electrons. The second-order valence-corrected chi connectivity index (χ2v) is 7.48. The van der Waals surface area contributed by atoms with Crippen LogP contribution in [0.2, 0.25) is 0 Å². The van der Waals surface area contributed by atoms with Crippen LogP contribution in [0.15, 0.2) is 0 Å². The lowest BCUT2D eigenvalue weighted by molar-refractivity contribution is -0.132. The number of ketones is 1. The number of Topliss-reactive ketones (excluding diaryl/α,β-unsaturated/α-hetero) is 1. The van der Waals surface area contributed by atoms with E-state index in [2.05, 4.69) is 0 Å². The van der Waals surface area contributed by atoms with Crippen molar-refractivity contribution >= 4 is 13.4 Å². The molecule has 0 heterocycles. The number of alkyl halides is 1. The fourth-order valence-corrected chi connectivity index (χ4v) is 4.25. The van der Waals surface area contributed by atoms with E-state index < -0.39 is 30.6 Å². The van der Waals surface area contributed by atoms with Crippen molar-refractivity contribution in [1.29, 1.82) is 0 Å². The molecule has 4 atom stereocenters. The van der Waals surface area contributed by atoms with Gasteiger partial charge in [0.25, 0.3) is 0 Å². The van der Waals surface area contributed by atoms with E-state index in [0.29, 0.717) is 19.3 Å². The molecule has 0 saturated heterocycles. The van der Waals surface area contributed by atoms with Gasteiger partial charge in [-0.1, -0.05) is 20.3 Å². The van der Waals surface area contributed by atoms with Crippen LogP contribution in [-0.4, -0.2) is 26.9 Å². The summed E-state index contributed by atoms with van der Waals surface area (Å²) in [6, 6.07) is 0. The standard InChI is InChI=1S/C12H22FO4P/c1-4-8(2)12(3,18(15,16)17)9-6-5-7-10(13)11(9)14/h8-10H,4-7H2,1-3H3,(H2,15,16,17). The van der Waals surface area contributed by atoms with Crippen LogP contribution >= 0.6 is 7.60 Å². The molecule has 4 nitrogen and oxygen atoms in total. The molecule has 0 aliphatic heterocycles. The number of hydrogen-bond acceptors (Lipinski definition) is 2. The summed E-state index contributed by atoms with van der Waals surface area (Å²) in [6.07, 6.45) is 0.0169. The smallest absolute Gasteiger partial charge is 0.324 e. The third-order valence-corrected chi connectivity index (χ3v) is 6.55. The first kappa shape index (κ1) is 15.8. The topological polar surface area (TPSA) is 74.6 Å². The second-order valence-electron chi connectivity index (χ2n) is 5.43. The van der Waals surface area contributed by atoms with Gasteiger partial charge >= 0.3 is 7.60 Å². The molecule has 0 amide bonds. The zero-order valence-electron chi connectivity index (χ0n) is 11.1. The highest BCUT2D eigenvalue weighted by atomic mass is 31.2. The predicted octanol–water partition coefficient (Wildman–Crippen LogP) is 2.68. The van der Waals surface area contributed by atoms with Gasteiger partial charge in [0, 0.05) is 5.92 Å². The first-order valence-corrected chi connectivity index (χ1v) is 8.00. The molecule has 4 unspecified atom stereocenters. The Hall–Kier alpha value is -0.250. The minimum Gasteiger partial charge on any atom is -0.324 e. The summed E-state index contributed by atoms with van der Waals surface area (Å²) in [5, 5.41) is -1.45. The molecular formula is C12H22FO4P. The highest BCUT2D eigenvalue weighted by molar-refractivity contribution is 7.53. The molecule has 0 bridgehead atoms. The maximum absolute atomic E-state index is 13.5. The van der Waals surface area contributed by atoms with Crippen molar-refractivity contribution in [2.24, 2.45) is 11.8 Å². The lowest BCUT2D eigenvalue weighted by atomic mass is 9.72. The van der Waals surface area contributed by atoms with Crippen LogP contribution in [0.3, 0.4) is 0 Å². The summed E-state index contributed by atoms with van der Waals surface area (Å²) < 4.78 is 25.3. The van der Waals surface area contributed by atoms with Gasteiger partial charge in [0.2, 0.25) is 0 Å². The van der Waals surface area contributed by atoms with Gasteiger partial charge in [0.15, 0.2) is 12.0 Å². The summed E-state index contributed by atoms with van der Waals surface area (Å²) in [7, 11) is -4.48. The van der Waals surface area contributed by atoms with Gasteiger partial charge in [0.05, 0.1) is 5.16 Å². The molecule has 0 aromatic carbocycles. The number of halogens is 1. The minimum absolute atomic E-state index is 0.174. The SMILES string of the molecule is CCC(C)C(C)(C1CCCC(F)C1=O)P(=O)(O)O. The van der Waals surface area contributed by atoms with E-state index in [1.54, 1.807) is 6.92 Å². The van der Waals surface area contributed by atoms with E-state index in [-0.39, 0.29) is 12.3 Å². The molecule has 2 N–H and O–H groups in total. The summed E-state index contributed by atoms with van der Waals surface area (Å²) >= 11 is 0. The molecule has 18 heavy (non-hydrogen) atoms. The Morgan fingerprint density at radius 1 is 1.50 bits per heavy atom. The van der Waals surface area contributed by atoms with E-state index in [4.69, 9.17) is 0 Å². The van der Waals surface area contributed by atoms with Crippen LogP contribution < -0.4 is 0 Å². The van der Waals surface area contributed by atoms with Crippen molar-refractivity contribution in [3.63, 3.8) is 0 Å². The monoisotopic (exact) mass is 280 g/mol. The Morgan fingerprint density at radius 2 is 2.06 bits per heavy atom. The molecule has 106 valence electrons. The third-order valence-electron chi connectivity index (χ3n) is 4.55. The van der Waals surface area contributed by atoms with Crippen molar-refractivity contribution in [3.05, 3.63) is 0 Å². The van der Waals surface area contributed by atoms with Crippen molar-refractivity contribution < 1.29 is 23.5 Å². The van der Waals surface area contributed by atoms with Gasteiger partial charge in [-0.2, -0.15) is 0 Å². The number of carbonyl (C=O) groups is 1. The number of rotatable bonds is 4. The van der Waals surface area contributed by atoms with Crippen LogP contribution in [0, 0.1) is 11.8 Å². The van der Waals surface area contributed by atoms with Crippen molar-refractivity contribution in [2.45, 2.75) is 57.8 Å². The van der Waals surface area contributed by atoms with E-state index in [1.807, 2.05) is 6.92 Å². The molecule has 6 heteroatoms. The molecule has 0 spiro atoms. The molecule has 0 aromatic rings. The fraction of sp³-hybridized carbons (Fsp3) is 0.917. The predicted molar refractivity (Wildman–Crippen MR) is 67.1 cm³/mol. The molecule has 1 saturated carbocycles. The van der Waals surface area contributed by atoms with Crippen LogP contribution in [0.4, 0.5) is 4.39 Å². The normalized spacial score (nSPS) is 30.9. The Kier molecular flexibility index (Phi) is 4.74. The van der Waals surface area contributed by atoms with E-state index >= 15 is 0 Å². The second kappa shape index (κ2) is 5.40. The molecular weight excluding hydrogens is 258 g/mol. The van der Waals surface area contributed by atoms with Crippen LogP contribution in [-0.2, 0) is 9.36 Å². The number of carbonyl (C=O) groups excluding carboxylic acids is 1. The van der Waals surface area contributed by atoms with Crippen molar-refractivity contribution in [2.75, 3.05) is 0 Å². The Labute approximate surface area is 107 Å². The van der Waals surface area contributed by atoms with Gasteiger partial charge in [-0.15, -0.1) is 0 Å². The van der Waals surface area contributed by atoms with Gasteiger partial charge in [-0.05, 0) is 32.1 Å². The lowest BCUT2D eigenvalue weighted by Gasteiger charge is -2.43. The van der Waals surface area contributed by atoms with Crippen molar-refractivity contribution in [1.82, 2.24) is 0 Å². The van der Waals surface area contributed by atoms with E-state index in [1.165, 1.54) is 6.92 Å². The molecule has 0 aromatic heterocycles. The quantitative estimate of drug-likeness (QED) is 0.776. The highest BCUT2D eigenvalue weighted by Crippen LogP contribution is 2.60. The zero-order chi connectivity index (χ0) is 14.1. The summed E-state index contributed by atoms with van der Waals surface area (Å²) in [4.78, 5) is 31.2. The Morgan fingerprint density at radius 3 is 2.50 bits per heavy atom. The van der Waals surface area contributed by atoms with E-state index in [0.717, 1.165) is 0 Å².